The molecule has 0 spiro atoms. The number of benzene rings is 3. The zero-order chi connectivity index (χ0) is 25.1. The van der Waals surface area contributed by atoms with Crippen molar-refractivity contribution in [2.24, 2.45) is 0 Å². The van der Waals surface area contributed by atoms with Gasteiger partial charge in [0.15, 0.2) is 0 Å². The molecule has 3 aromatic carbocycles. The molecule has 0 unspecified atom stereocenters. The summed E-state index contributed by atoms with van der Waals surface area (Å²) in [6.07, 6.45) is -4.71. The summed E-state index contributed by atoms with van der Waals surface area (Å²) in [5.74, 6) is -0.940. The first-order valence-electron chi connectivity index (χ1n) is 10.1. The fourth-order valence-electron chi connectivity index (χ4n) is 3.14. The molecule has 0 saturated carbocycles. The molecule has 0 aliphatic rings. The van der Waals surface area contributed by atoms with Gasteiger partial charge >= 0.3 is 16.3 Å². The van der Waals surface area contributed by atoms with Gasteiger partial charge in [0.05, 0.1) is 5.56 Å². The van der Waals surface area contributed by atoms with E-state index in [9.17, 15) is 30.8 Å². The predicted molar refractivity (Wildman–Crippen MR) is 117 cm³/mol. The maximum absolute atomic E-state index is 13.2. The van der Waals surface area contributed by atoms with E-state index in [1.165, 1.54) is 47.4 Å². The minimum atomic E-state index is -4.71. The first kappa shape index (κ1) is 25.2. The molecule has 5 nitrogen and oxygen atoms in total. The zero-order valence-corrected chi connectivity index (χ0v) is 19.0. The van der Waals surface area contributed by atoms with Gasteiger partial charge in [0.1, 0.15) is 16.5 Å². The van der Waals surface area contributed by atoms with Crippen LogP contribution in [0.15, 0.2) is 77.7 Å². The number of nitrogens with zero attached hydrogens (tertiary/aromatic N) is 1. The van der Waals surface area contributed by atoms with Crippen LogP contribution in [0.3, 0.4) is 0 Å². The van der Waals surface area contributed by atoms with E-state index in [0.29, 0.717) is 11.6 Å². The first-order valence-corrected chi connectivity index (χ1v) is 11.5. The molecule has 0 bridgehead atoms. The number of carbonyl (C=O) groups is 1. The number of carbonyl (C=O) groups excluding carboxylic acids is 1. The Balaban J connectivity index is 1.82. The van der Waals surface area contributed by atoms with Gasteiger partial charge in [-0.2, -0.15) is 21.6 Å². The maximum Gasteiger partial charge on any atom is 0.416 e. The third-order valence-electron chi connectivity index (χ3n) is 4.88. The molecule has 0 atom stereocenters. The molecule has 1 amide bonds. The van der Waals surface area contributed by atoms with Crippen molar-refractivity contribution in [3.05, 3.63) is 95.3 Å². The maximum atomic E-state index is 13.2. The van der Waals surface area contributed by atoms with Gasteiger partial charge in [-0.25, -0.2) is 4.39 Å². The number of alkyl halides is 3. The van der Waals surface area contributed by atoms with Gasteiger partial charge in [-0.05, 0) is 74.0 Å². The molecule has 34 heavy (non-hydrogen) atoms. The highest BCUT2D eigenvalue weighted by Crippen LogP contribution is 2.31. The SMILES string of the molecule is CC(C)N(Cc1cccc(OS(=O)(=O)c2cccc(C(F)(F)F)c2)c1)C(=O)c1ccc(F)cc1. The number of amides is 1. The van der Waals surface area contributed by atoms with Crippen LogP contribution in [0.2, 0.25) is 0 Å². The van der Waals surface area contributed by atoms with Crippen molar-refractivity contribution in [3.63, 3.8) is 0 Å². The van der Waals surface area contributed by atoms with E-state index in [0.717, 1.165) is 18.2 Å². The first-order chi connectivity index (χ1) is 15.9. The third kappa shape index (κ3) is 6.13. The number of rotatable bonds is 7. The zero-order valence-electron chi connectivity index (χ0n) is 18.2. The smallest absolute Gasteiger partial charge is 0.379 e. The summed E-state index contributed by atoms with van der Waals surface area (Å²) >= 11 is 0. The fourth-order valence-corrected chi connectivity index (χ4v) is 4.11. The summed E-state index contributed by atoms with van der Waals surface area (Å²) < 4.78 is 82.2. The molecule has 180 valence electrons. The second-order valence-corrected chi connectivity index (χ2v) is 9.29. The molecule has 10 heteroatoms. The van der Waals surface area contributed by atoms with E-state index in [2.05, 4.69) is 0 Å². The molecule has 0 radical (unpaired) electrons. The Kier molecular flexibility index (Phi) is 7.30. The van der Waals surface area contributed by atoms with Gasteiger partial charge in [-0.3, -0.25) is 4.79 Å². The topological polar surface area (TPSA) is 63.7 Å². The molecular weight excluding hydrogens is 474 g/mol. The highest BCUT2D eigenvalue weighted by molar-refractivity contribution is 7.87. The average Bonchev–Trinajstić information content (AvgIpc) is 2.77. The van der Waals surface area contributed by atoms with Crippen LogP contribution in [-0.2, 0) is 22.8 Å². The Morgan fingerprint density at radius 1 is 0.971 bits per heavy atom. The van der Waals surface area contributed by atoms with Crippen molar-refractivity contribution in [2.45, 2.75) is 37.5 Å². The summed E-state index contributed by atoms with van der Waals surface area (Å²) in [7, 11) is -4.54. The standard InChI is InChI=1S/C24H21F4NO4S/c1-16(2)29(23(30)18-9-11-20(25)12-10-18)15-17-5-3-7-21(13-17)33-34(31,32)22-8-4-6-19(14-22)24(26,27)28/h3-14,16H,15H2,1-2H3. The molecule has 3 aromatic rings. The minimum Gasteiger partial charge on any atom is -0.379 e. The average molecular weight is 495 g/mol. The van der Waals surface area contributed by atoms with Crippen molar-refractivity contribution in [2.75, 3.05) is 0 Å². The Hall–Kier alpha value is -3.40. The van der Waals surface area contributed by atoms with Crippen LogP contribution in [0.1, 0.15) is 35.3 Å². The van der Waals surface area contributed by atoms with Crippen LogP contribution in [-0.4, -0.2) is 25.3 Å². The van der Waals surface area contributed by atoms with Crippen LogP contribution < -0.4 is 4.18 Å². The van der Waals surface area contributed by atoms with Gasteiger partial charge in [-0.15, -0.1) is 0 Å². The highest BCUT2D eigenvalue weighted by atomic mass is 32.2. The number of hydrogen-bond donors (Lipinski definition) is 0. The summed E-state index contributed by atoms with van der Waals surface area (Å²) in [5, 5.41) is 0. The molecule has 0 heterocycles. The van der Waals surface area contributed by atoms with Gasteiger partial charge in [0, 0.05) is 18.2 Å². The van der Waals surface area contributed by atoms with Gasteiger partial charge in [0.2, 0.25) is 0 Å². The summed E-state index contributed by atoms with van der Waals surface area (Å²) in [5.41, 5.74) is -0.298. The van der Waals surface area contributed by atoms with Gasteiger partial charge < -0.3 is 9.08 Å². The van der Waals surface area contributed by atoms with Crippen LogP contribution in [0.5, 0.6) is 5.75 Å². The molecule has 0 aliphatic heterocycles. The van der Waals surface area contributed by atoms with E-state index >= 15 is 0 Å². The van der Waals surface area contributed by atoms with Gasteiger partial charge in [0.25, 0.3) is 5.91 Å². The predicted octanol–water partition coefficient (Wildman–Crippen LogP) is 5.66. The van der Waals surface area contributed by atoms with Crippen molar-refractivity contribution < 1.29 is 35.0 Å². The van der Waals surface area contributed by atoms with E-state index in [1.807, 2.05) is 0 Å². The molecule has 0 fully saturated rings. The second-order valence-electron chi connectivity index (χ2n) is 7.74. The van der Waals surface area contributed by atoms with Gasteiger partial charge in [-0.1, -0.05) is 18.2 Å². The fraction of sp³-hybridized carbons (Fsp3) is 0.208. The molecular formula is C24H21F4NO4S. The molecule has 0 aliphatic carbocycles. The molecule has 0 saturated heterocycles. The van der Waals surface area contributed by atoms with E-state index in [-0.39, 0.29) is 29.8 Å². The number of halogens is 4. The lowest BCUT2D eigenvalue weighted by Gasteiger charge is -2.27. The van der Waals surface area contributed by atoms with Crippen molar-refractivity contribution >= 4 is 16.0 Å². The Bertz CT molecular complexity index is 1270. The lowest BCUT2D eigenvalue weighted by molar-refractivity contribution is -0.137. The lowest BCUT2D eigenvalue weighted by atomic mass is 10.1. The highest BCUT2D eigenvalue weighted by Gasteiger charge is 2.32. The van der Waals surface area contributed by atoms with Crippen LogP contribution >= 0.6 is 0 Å². The van der Waals surface area contributed by atoms with E-state index in [4.69, 9.17) is 4.18 Å². The number of hydrogen-bond acceptors (Lipinski definition) is 4. The van der Waals surface area contributed by atoms with Crippen molar-refractivity contribution in [1.82, 2.24) is 4.90 Å². The van der Waals surface area contributed by atoms with Crippen LogP contribution in [0, 0.1) is 5.82 Å². The second kappa shape index (κ2) is 9.84. The Morgan fingerprint density at radius 2 is 1.62 bits per heavy atom. The van der Waals surface area contributed by atoms with Crippen LogP contribution in [0.25, 0.3) is 0 Å². The third-order valence-corrected chi connectivity index (χ3v) is 6.13. The van der Waals surface area contributed by atoms with E-state index < -0.39 is 32.6 Å². The van der Waals surface area contributed by atoms with Crippen molar-refractivity contribution in [3.8, 4) is 5.75 Å². The minimum absolute atomic E-state index is 0.0919. The Morgan fingerprint density at radius 3 is 2.24 bits per heavy atom. The quantitative estimate of drug-likeness (QED) is 0.313. The summed E-state index contributed by atoms with van der Waals surface area (Å²) in [6.45, 7) is 3.68. The molecule has 0 N–H and O–H groups in total. The summed E-state index contributed by atoms with van der Waals surface area (Å²) in [4.78, 5) is 13.8. The molecule has 3 rings (SSSR count). The largest absolute Gasteiger partial charge is 0.416 e. The van der Waals surface area contributed by atoms with E-state index in [1.54, 1.807) is 19.9 Å². The molecule has 0 aromatic heterocycles. The summed E-state index contributed by atoms with van der Waals surface area (Å²) in [6, 6.07) is 14.0. The normalized spacial score (nSPS) is 12.0. The monoisotopic (exact) mass is 495 g/mol. The Labute approximate surface area is 194 Å². The lowest BCUT2D eigenvalue weighted by Crippen LogP contribution is -2.36. The van der Waals surface area contributed by atoms with Crippen molar-refractivity contribution in [1.29, 1.82) is 0 Å². The van der Waals surface area contributed by atoms with Crippen LogP contribution in [0.4, 0.5) is 17.6 Å².